The lowest BCUT2D eigenvalue weighted by atomic mass is 10.1. The molecule has 20 heavy (non-hydrogen) atoms. The van der Waals surface area contributed by atoms with Crippen LogP contribution in [0.2, 0.25) is 0 Å². The maximum absolute atomic E-state index is 11.8. The van der Waals surface area contributed by atoms with Crippen LogP contribution in [0.4, 0.5) is 0 Å². The predicted octanol–water partition coefficient (Wildman–Crippen LogP) is 3.71. The molecular weight excluding hydrogens is 250 g/mol. The summed E-state index contributed by atoms with van der Waals surface area (Å²) >= 11 is 0. The molecule has 0 radical (unpaired) electrons. The van der Waals surface area contributed by atoms with Crippen molar-refractivity contribution in [1.29, 1.82) is 0 Å². The Morgan fingerprint density at radius 2 is 1.60 bits per heavy atom. The van der Waals surface area contributed by atoms with Crippen molar-refractivity contribution >= 4 is 5.91 Å². The molecule has 1 aliphatic rings. The molecule has 0 aromatic carbocycles. The molecule has 1 fully saturated rings. The van der Waals surface area contributed by atoms with Gasteiger partial charge in [-0.15, -0.1) is 6.58 Å². The maximum atomic E-state index is 11.8. The van der Waals surface area contributed by atoms with Gasteiger partial charge in [-0.1, -0.05) is 37.8 Å². The highest BCUT2D eigenvalue weighted by molar-refractivity contribution is 5.87. The molecule has 1 aliphatic heterocycles. The number of morpholine rings is 1. The van der Waals surface area contributed by atoms with Gasteiger partial charge in [0.2, 0.25) is 5.91 Å². The van der Waals surface area contributed by atoms with Gasteiger partial charge in [0.25, 0.3) is 0 Å². The summed E-state index contributed by atoms with van der Waals surface area (Å²) in [6.07, 6.45) is 15.6. The number of ether oxygens (including phenoxy) is 1. The Morgan fingerprint density at radius 1 is 1.00 bits per heavy atom. The molecule has 3 nitrogen and oxygen atoms in total. The first kappa shape index (κ1) is 17.0. The number of rotatable bonds is 10. The van der Waals surface area contributed by atoms with Crippen LogP contribution in [0.1, 0.15) is 51.4 Å². The Bertz CT molecular complexity index is 293. The zero-order valence-electron chi connectivity index (χ0n) is 12.7. The van der Waals surface area contributed by atoms with Crippen LogP contribution in [0.25, 0.3) is 0 Å². The molecule has 0 saturated carbocycles. The van der Waals surface area contributed by atoms with Crippen LogP contribution in [-0.4, -0.2) is 37.1 Å². The van der Waals surface area contributed by atoms with E-state index < -0.39 is 0 Å². The van der Waals surface area contributed by atoms with E-state index in [2.05, 4.69) is 6.58 Å². The van der Waals surface area contributed by atoms with E-state index in [4.69, 9.17) is 4.74 Å². The number of amides is 1. The molecule has 1 heterocycles. The Morgan fingerprint density at radius 3 is 2.25 bits per heavy atom. The molecule has 0 atom stereocenters. The molecule has 114 valence electrons. The topological polar surface area (TPSA) is 29.5 Å². The van der Waals surface area contributed by atoms with E-state index in [9.17, 15) is 4.79 Å². The van der Waals surface area contributed by atoms with E-state index in [1.807, 2.05) is 17.1 Å². The Balaban J connectivity index is 1.93. The van der Waals surface area contributed by atoms with Crippen LogP contribution in [-0.2, 0) is 9.53 Å². The Labute approximate surface area is 123 Å². The molecule has 0 aromatic heterocycles. The molecule has 3 heteroatoms. The maximum Gasteiger partial charge on any atom is 0.246 e. The normalized spacial score (nSPS) is 15.7. The second-order valence-electron chi connectivity index (χ2n) is 5.33. The molecule has 0 spiro atoms. The average Bonchev–Trinajstić information content (AvgIpc) is 2.50. The predicted molar refractivity (Wildman–Crippen MR) is 83.7 cm³/mol. The molecule has 1 rings (SSSR count). The number of hydrogen-bond donors (Lipinski definition) is 0. The highest BCUT2D eigenvalue weighted by atomic mass is 16.5. The van der Waals surface area contributed by atoms with Crippen molar-refractivity contribution in [2.24, 2.45) is 0 Å². The highest BCUT2D eigenvalue weighted by Crippen LogP contribution is 2.09. The fraction of sp³-hybridized carbons (Fsp3) is 0.706. The summed E-state index contributed by atoms with van der Waals surface area (Å²) in [5.41, 5.74) is 0. The third-order valence-corrected chi connectivity index (χ3v) is 3.61. The molecule has 1 amide bonds. The Hall–Kier alpha value is -1.09. The van der Waals surface area contributed by atoms with Crippen LogP contribution < -0.4 is 0 Å². The van der Waals surface area contributed by atoms with Gasteiger partial charge in [-0.25, -0.2) is 0 Å². The largest absolute Gasteiger partial charge is 0.378 e. The number of nitrogens with zero attached hydrogens (tertiary/aromatic N) is 1. The fourth-order valence-corrected chi connectivity index (χ4v) is 2.33. The second-order valence-corrected chi connectivity index (χ2v) is 5.33. The van der Waals surface area contributed by atoms with E-state index in [1.54, 1.807) is 6.08 Å². The van der Waals surface area contributed by atoms with Crippen molar-refractivity contribution < 1.29 is 9.53 Å². The van der Waals surface area contributed by atoms with E-state index in [0.717, 1.165) is 25.9 Å². The van der Waals surface area contributed by atoms with E-state index in [0.29, 0.717) is 13.2 Å². The molecular formula is C17H29NO2. The zero-order valence-corrected chi connectivity index (χ0v) is 12.7. The molecule has 0 aromatic rings. The summed E-state index contributed by atoms with van der Waals surface area (Å²) in [5.74, 6) is 0.137. The minimum atomic E-state index is 0.137. The zero-order chi connectivity index (χ0) is 14.5. The lowest BCUT2D eigenvalue weighted by Gasteiger charge is -2.25. The minimum Gasteiger partial charge on any atom is -0.378 e. The van der Waals surface area contributed by atoms with Gasteiger partial charge in [-0.05, 0) is 31.8 Å². The summed E-state index contributed by atoms with van der Waals surface area (Å²) in [6, 6.07) is 0. The number of hydrogen-bond acceptors (Lipinski definition) is 2. The Kier molecular flexibility index (Phi) is 9.93. The monoisotopic (exact) mass is 279 g/mol. The molecule has 0 N–H and O–H groups in total. The first-order valence-electron chi connectivity index (χ1n) is 7.98. The van der Waals surface area contributed by atoms with Crippen molar-refractivity contribution in [2.75, 3.05) is 26.3 Å². The van der Waals surface area contributed by atoms with Crippen molar-refractivity contribution in [1.82, 2.24) is 4.90 Å². The number of unbranched alkanes of at least 4 members (excludes halogenated alkanes) is 7. The van der Waals surface area contributed by atoms with Crippen molar-refractivity contribution in [3.05, 3.63) is 24.8 Å². The lowest BCUT2D eigenvalue weighted by Crippen LogP contribution is -2.39. The van der Waals surface area contributed by atoms with Gasteiger partial charge in [0.15, 0.2) is 0 Å². The summed E-state index contributed by atoms with van der Waals surface area (Å²) in [5, 5.41) is 0. The second kappa shape index (κ2) is 11.7. The van der Waals surface area contributed by atoms with E-state index >= 15 is 0 Å². The van der Waals surface area contributed by atoms with Crippen molar-refractivity contribution in [3.63, 3.8) is 0 Å². The van der Waals surface area contributed by atoms with Gasteiger partial charge in [0.1, 0.15) is 0 Å². The summed E-state index contributed by atoms with van der Waals surface area (Å²) in [7, 11) is 0. The van der Waals surface area contributed by atoms with Gasteiger partial charge in [-0.3, -0.25) is 4.79 Å². The lowest BCUT2D eigenvalue weighted by molar-refractivity contribution is -0.129. The molecule has 1 saturated heterocycles. The number of carbonyl (C=O) groups excluding carboxylic acids is 1. The highest BCUT2D eigenvalue weighted by Gasteiger charge is 2.13. The molecule has 0 unspecified atom stereocenters. The number of allylic oxidation sites excluding steroid dienone is 2. The molecule has 0 bridgehead atoms. The van der Waals surface area contributed by atoms with Crippen LogP contribution >= 0.6 is 0 Å². The van der Waals surface area contributed by atoms with Crippen LogP contribution in [0, 0.1) is 0 Å². The van der Waals surface area contributed by atoms with Crippen LogP contribution in [0.15, 0.2) is 24.8 Å². The van der Waals surface area contributed by atoms with Crippen molar-refractivity contribution in [2.45, 2.75) is 51.4 Å². The van der Waals surface area contributed by atoms with Crippen LogP contribution in [0.3, 0.4) is 0 Å². The quantitative estimate of drug-likeness (QED) is 0.346. The number of carbonyl (C=O) groups is 1. The van der Waals surface area contributed by atoms with Gasteiger partial charge in [-0.2, -0.15) is 0 Å². The third-order valence-electron chi connectivity index (χ3n) is 3.61. The fourth-order valence-electron chi connectivity index (χ4n) is 2.33. The first-order valence-corrected chi connectivity index (χ1v) is 7.98. The van der Waals surface area contributed by atoms with E-state index in [-0.39, 0.29) is 5.91 Å². The first-order chi connectivity index (χ1) is 9.84. The summed E-state index contributed by atoms with van der Waals surface area (Å²) < 4.78 is 5.23. The van der Waals surface area contributed by atoms with Gasteiger partial charge < -0.3 is 9.64 Å². The van der Waals surface area contributed by atoms with Gasteiger partial charge in [0.05, 0.1) is 13.2 Å². The minimum absolute atomic E-state index is 0.137. The standard InChI is InChI=1S/C17H29NO2/c1-2-3-4-5-6-7-8-9-10-11-12-17(19)18-13-15-20-16-14-18/h2,11-12H,1,3-10,13-16H2/b12-11+. The van der Waals surface area contributed by atoms with Gasteiger partial charge >= 0.3 is 0 Å². The van der Waals surface area contributed by atoms with Gasteiger partial charge in [0, 0.05) is 13.1 Å². The SMILES string of the molecule is C=CCCCCCCCC/C=C/C(=O)N1CCOCC1. The smallest absolute Gasteiger partial charge is 0.246 e. The summed E-state index contributed by atoms with van der Waals surface area (Å²) in [4.78, 5) is 13.7. The third kappa shape index (κ3) is 8.16. The van der Waals surface area contributed by atoms with Crippen LogP contribution in [0.5, 0.6) is 0 Å². The van der Waals surface area contributed by atoms with E-state index in [1.165, 1.54) is 38.5 Å². The summed E-state index contributed by atoms with van der Waals surface area (Å²) in [6.45, 7) is 6.53. The molecule has 0 aliphatic carbocycles. The average molecular weight is 279 g/mol. The van der Waals surface area contributed by atoms with Crippen molar-refractivity contribution in [3.8, 4) is 0 Å².